The third-order valence-corrected chi connectivity index (χ3v) is 6.33. The Morgan fingerprint density at radius 2 is 2.04 bits per heavy atom. The summed E-state index contributed by atoms with van der Waals surface area (Å²) in [6.45, 7) is 12.9. The van der Waals surface area contributed by atoms with Crippen molar-refractivity contribution in [3.05, 3.63) is 35.9 Å². The van der Waals surface area contributed by atoms with Gasteiger partial charge < -0.3 is 10.6 Å². The number of hydrogen-bond donors (Lipinski definition) is 2. The van der Waals surface area contributed by atoms with Crippen molar-refractivity contribution in [3.63, 3.8) is 0 Å². The molecule has 146 valence electrons. The highest BCUT2D eigenvalue weighted by Crippen LogP contribution is 2.22. The summed E-state index contributed by atoms with van der Waals surface area (Å²) in [5, 5.41) is 7.08. The van der Waals surface area contributed by atoms with Gasteiger partial charge in [0.05, 0.1) is 6.54 Å². The molecule has 0 radical (unpaired) electrons. The molecule has 1 aliphatic heterocycles. The predicted molar refractivity (Wildman–Crippen MR) is 116 cm³/mol. The highest BCUT2D eigenvalue weighted by atomic mass is 32.2. The second kappa shape index (κ2) is 10.2. The van der Waals surface area contributed by atoms with Crippen molar-refractivity contribution < 1.29 is 0 Å². The zero-order chi connectivity index (χ0) is 19.0. The van der Waals surface area contributed by atoms with Crippen LogP contribution in [0.15, 0.2) is 35.3 Å². The van der Waals surface area contributed by atoms with Crippen molar-refractivity contribution in [1.29, 1.82) is 0 Å². The number of likely N-dealkylation sites (tertiary alicyclic amines) is 1. The molecule has 4 nitrogen and oxygen atoms in total. The summed E-state index contributed by atoms with van der Waals surface area (Å²) < 4.78 is 0.175. The first-order valence-electron chi connectivity index (χ1n) is 9.81. The van der Waals surface area contributed by atoms with Crippen LogP contribution in [0.2, 0.25) is 0 Å². The van der Waals surface area contributed by atoms with E-state index < -0.39 is 0 Å². The molecule has 0 bridgehead atoms. The summed E-state index contributed by atoms with van der Waals surface area (Å²) >= 11 is 1.87. The van der Waals surface area contributed by atoms with E-state index in [4.69, 9.17) is 4.99 Å². The number of benzene rings is 1. The summed E-state index contributed by atoms with van der Waals surface area (Å²) in [7, 11) is 0. The maximum atomic E-state index is 4.82. The van der Waals surface area contributed by atoms with Crippen molar-refractivity contribution in [2.45, 2.75) is 63.9 Å². The first-order chi connectivity index (χ1) is 12.4. The second-order valence-corrected chi connectivity index (χ2v) is 9.34. The van der Waals surface area contributed by atoms with Gasteiger partial charge in [0.25, 0.3) is 0 Å². The Morgan fingerprint density at radius 1 is 1.31 bits per heavy atom. The summed E-state index contributed by atoms with van der Waals surface area (Å²) in [4.78, 5) is 7.41. The SMILES string of the molecule is CCNC(=NCC(C)(C)SC)NC1CCN(Cc2ccccc2)C(C)C1. The predicted octanol–water partition coefficient (Wildman–Crippen LogP) is 3.74. The lowest BCUT2D eigenvalue weighted by Gasteiger charge is -2.38. The maximum Gasteiger partial charge on any atom is 0.191 e. The van der Waals surface area contributed by atoms with Crippen LogP contribution < -0.4 is 10.6 Å². The number of guanidine groups is 1. The van der Waals surface area contributed by atoms with Crippen LogP contribution in [0.1, 0.15) is 46.1 Å². The summed E-state index contributed by atoms with van der Waals surface area (Å²) in [6.07, 6.45) is 4.47. The number of rotatable bonds is 7. The van der Waals surface area contributed by atoms with Gasteiger partial charge in [-0.25, -0.2) is 0 Å². The molecule has 2 N–H and O–H groups in total. The molecule has 2 rings (SSSR count). The fraction of sp³-hybridized carbons (Fsp3) is 0.667. The van der Waals surface area contributed by atoms with Crippen LogP contribution in [0.25, 0.3) is 0 Å². The number of nitrogens with one attached hydrogen (secondary N) is 2. The molecule has 1 fully saturated rings. The van der Waals surface area contributed by atoms with E-state index in [0.29, 0.717) is 12.1 Å². The molecule has 0 spiro atoms. The Hall–Kier alpha value is -1.20. The van der Waals surface area contributed by atoms with E-state index in [0.717, 1.165) is 45.0 Å². The first-order valence-corrected chi connectivity index (χ1v) is 11.0. The zero-order valence-corrected chi connectivity index (χ0v) is 17.9. The monoisotopic (exact) mass is 376 g/mol. The van der Waals surface area contributed by atoms with Crippen LogP contribution in [0, 0.1) is 0 Å². The Kier molecular flexibility index (Phi) is 8.29. The van der Waals surface area contributed by atoms with E-state index >= 15 is 0 Å². The highest BCUT2D eigenvalue weighted by molar-refractivity contribution is 7.99. The normalized spacial score (nSPS) is 22.3. The fourth-order valence-electron chi connectivity index (χ4n) is 3.25. The van der Waals surface area contributed by atoms with Gasteiger partial charge in [0.15, 0.2) is 5.96 Å². The smallest absolute Gasteiger partial charge is 0.191 e. The molecule has 0 aliphatic carbocycles. The van der Waals surface area contributed by atoms with Gasteiger partial charge in [-0.05, 0) is 52.4 Å². The van der Waals surface area contributed by atoms with E-state index in [1.165, 1.54) is 5.56 Å². The van der Waals surface area contributed by atoms with Crippen molar-refractivity contribution in [1.82, 2.24) is 15.5 Å². The molecule has 1 heterocycles. The molecule has 26 heavy (non-hydrogen) atoms. The van der Waals surface area contributed by atoms with Gasteiger partial charge in [-0.2, -0.15) is 11.8 Å². The molecule has 5 heteroatoms. The second-order valence-electron chi connectivity index (χ2n) is 7.83. The Balaban J connectivity index is 1.88. The summed E-state index contributed by atoms with van der Waals surface area (Å²) in [5.74, 6) is 0.961. The van der Waals surface area contributed by atoms with Crippen LogP contribution in [-0.4, -0.2) is 53.6 Å². The van der Waals surface area contributed by atoms with E-state index in [-0.39, 0.29) is 4.75 Å². The van der Waals surface area contributed by atoms with Gasteiger partial charge >= 0.3 is 0 Å². The summed E-state index contributed by atoms with van der Waals surface area (Å²) in [5.41, 5.74) is 1.40. The lowest BCUT2D eigenvalue weighted by atomic mass is 9.97. The molecule has 1 aliphatic rings. The van der Waals surface area contributed by atoms with E-state index in [1.807, 2.05) is 11.8 Å². The minimum Gasteiger partial charge on any atom is -0.357 e. The van der Waals surface area contributed by atoms with Crippen LogP contribution in [0.3, 0.4) is 0 Å². The Bertz CT molecular complexity index is 558. The third kappa shape index (κ3) is 6.84. The summed E-state index contributed by atoms with van der Waals surface area (Å²) in [6, 6.07) is 11.9. The topological polar surface area (TPSA) is 39.7 Å². The molecule has 1 saturated heterocycles. The highest BCUT2D eigenvalue weighted by Gasteiger charge is 2.26. The quantitative estimate of drug-likeness (QED) is 0.562. The average Bonchev–Trinajstić information content (AvgIpc) is 2.63. The molecule has 1 aromatic carbocycles. The minimum absolute atomic E-state index is 0.175. The lowest BCUT2D eigenvalue weighted by molar-refractivity contribution is 0.134. The number of nitrogens with zero attached hydrogens (tertiary/aromatic N) is 2. The number of piperidine rings is 1. The van der Waals surface area contributed by atoms with Crippen molar-refractivity contribution in [3.8, 4) is 0 Å². The molecule has 0 saturated carbocycles. The zero-order valence-electron chi connectivity index (χ0n) is 17.1. The molecule has 2 unspecified atom stereocenters. The maximum absolute atomic E-state index is 4.82. The molecule has 1 aromatic rings. The molecular formula is C21H36N4S. The first kappa shape index (κ1) is 21.1. The van der Waals surface area contributed by atoms with Crippen LogP contribution >= 0.6 is 11.8 Å². The van der Waals surface area contributed by atoms with Crippen molar-refractivity contribution in [2.24, 2.45) is 4.99 Å². The lowest BCUT2D eigenvalue weighted by Crippen LogP contribution is -2.51. The van der Waals surface area contributed by atoms with Gasteiger partial charge in [-0.15, -0.1) is 0 Å². The van der Waals surface area contributed by atoms with E-state index in [9.17, 15) is 0 Å². The van der Waals surface area contributed by atoms with Crippen LogP contribution in [0.5, 0.6) is 0 Å². The van der Waals surface area contributed by atoms with Crippen LogP contribution in [0.4, 0.5) is 0 Å². The third-order valence-electron chi connectivity index (χ3n) is 5.10. The van der Waals surface area contributed by atoms with Gasteiger partial charge in [0.2, 0.25) is 0 Å². The van der Waals surface area contributed by atoms with Gasteiger partial charge in [-0.1, -0.05) is 30.3 Å². The number of thioether (sulfide) groups is 1. The standard InChI is InChI=1S/C21H36N4S/c1-6-22-20(23-16-21(3,4)26-5)24-19-12-13-25(17(2)14-19)15-18-10-8-7-9-11-18/h7-11,17,19H,6,12-16H2,1-5H3,(H2,22,23,24). The van der Waals surface area contributed by atoms with Gasteiger partial charge in [-0.3, -0.25) is 9.89 Å². The number of aliphatic imine (C=N–C) groups is 1. The van der Waals surface area contributed by atoms with Gasteiger partial charge in [0.1, 0.15) is 0 Å². The van der Waals surface area contributed by atoms with E-state index in [2.05, 4.69) is 79.8 Å². The van der Waals surface area contributed by atoms with Crippen molar-refractivity contribution >= 4 is 17.7 Å². The van der Waals surface area contributed by atoms with Gasteiger partial charge in [0, 0.05) is 36.5 Å². The molecule has 0 aromatic heterocycles. The van der Waals surface area contributed by atoms with Crippen LogP contribution in [-0.2, 0) is 6.54 Å². The molecule has 2 atom stereocenters. The molecule has 0 amide bonds. The Morgan fingerprint density at radius 3 is 2.65 bits per heavy atom. The largest absolute Gasteiger partial charge is 0.357 e. The minimum atomic E-state index is 0.175. The number of hydrogen-bond acceptors (Lipinski definition) is 3. The molecular weight excluding hydrogens is 340 g/mol. The van der Waals surface area contributed by atoms with Crippen molar-refractivity contribution in [2.75, 3.05) is 25.9 Å². The average molecular weight is 377 g/mol. The van der Waals surface area contributed by atoms with E-state index in [1.54, 1.807) is 0 Å². The fourth-order valence-corrected chi connectivity index (χ4v) is 3.45. The Labute approximate surface area is 164 Å².